The van der Waals surface area contributed by atoms with E-state index < -0.39 is 11.6 Å². The Kier molecular flexibility index (Phi) is 5.80. The van der Waals surface area contributed by atoms with Crippen molar-refractivity contribution in [2.75, 3.05) is 11.1 Å². The maximum atomic E-state index is 13.0. The number of hydrogen-bond donors (Lipinski definition) is 3. The molecule has 1 atom stereocenters. The van der Waals surface area contributed by atoms with Gasteiger partial charge < -0.3 is 10.6 Å². The molecule has 0 bridgehead atoms. The van der Waals surface area contributed by atoms with Crippen molar-refractivity contribution in [3.05, 3.63) is 78.4 Å². The molecule has 0 saturated carbocycles. The third kappa shape index (κ3) is 4.40. The first-order chi connectivity index (χ1) is 16.4. The predicted octanol–water partition coefficient (Wildman–Crippen LogP) is 4.91. The van der Waals surface area contributed by atoms with Gasteiger partial charge in [-0.15, -0.1) is 23.1 Å². The van der Waals surface area contributed by atoms with Crippen molar-refractivity contribution >= 4 is 56.8 Å². The summed E-state index contributed by atoms with van der Waals surface area (Å²) in [5, 5.41) is 8.76. The summed E-state index contributed by atoms with van der Waals surface area (Å²) in [4.78, 5) is 42.0. The number of rotatable bonds is 6. The maximum Gasteiger partial charge on any atom is 0.322 e. The Balaban J connectivity index is 1.29. The number of fused-ring (bicyclic) bond motifs is 1. The van der Waals surface area contributed by atoms with Gasteiger partial charge in [-0.25, -0.2) is 9.78 Å². The van der Waals surface area contributed by atoms with Crippen LogP contribution in [0.15, 0.2) is 77.7 Å². The zero-order valence-electron chi connectivity index (χ0n) is 18.1. The van der Waals surface area contributed by atoms with Crippen LogP contribution in [0.4, 0.5) is 10.5 Å². The van der Waals surface area contributed by atoms with Gasteiger partial charge in [0.15, 0.2) is 0 Å². The van der Waals surface area contributed by atoms with E-state index in [9.17, 15) is 14.4 Å². The van der Waals surface area contributed by atoms with Gasteiger partial charge in [-0.1, -0.05) is 24.3 Å². The van der Waals surface area contributed by atoms with Crippen molar-refractivity contribution in [2.45, 2.75) is 17.4 Å². The van der Waals surface area contributed by atoms with Crippen LogP contribution >= 0.6 is 23.1 Å². The molecule has 1 aromatic heterocycles. The third-order valence-corrected chi connectivity index (χ3v) is 7.92. The summed E-state index contributed by atoms with van der Waals surface area (Å²) < 4.78 is 1.13. The predicted molar refractivity (Wildman–Crippen MR) is 135 cm³/mol. The van der Waals surface area contributed by atoms with Crippen molar-refractivity contribution < 1.29 is 14.4 Å². The number of carbonyl (C=O) groups is 3. The van der Waals surface area contributed by atoms with E-state index in [2.05, 4.69) is 20.9 Å². The van der Waals surface area contributed by atoms with E-state index >= 15 is 0 Å². The van der Waals surface area contributed by atoms with Crippen molar-refractivity contribution in [1.29, 1.82) is 0 Å². The average Bonchev–Trinajstić information content (AvgIpc) is 3.38. The van der Waals surface area contributed by atoms with Crippen LogP contribution in [0.2, 0.25) is 0 Å². The molecule has 34 heavy (non-hydrogen) atoms. The van der Waals surface area contributed by atoms with Gasteiger partial charge in [0.25, 0.3) is 11.8 Å². The number of urea groups is 1. The van der Waals surface area contributed by atoms with E-state index in [4.69, 9.17) is 0 Å². The Hall–Kier alpha value is -3.69. The van der Waals surface area contributed by atoms with Crippen molar-refractivity contribution in [3.8, 4) is 10.6 Å². The van der Waals surface area contributed by atoms with Crippen LogP contribution in [0.5, 0.6) is 0 Å². The fourth-order valence-corrected chi connectivity index (χ4v) is 5.68. The molecule has 2 heterocycles. The molecule has 0 radical (unpaired) electrons. The summed E-state index contributed by atoms with van der Waals surface area (Å²) >= 11 is 2.98. The lowest BCUT2D eigenvalue weighted by molar-refractivity contribution is -0.122. The Morgan fingerprint density at radius 1 is 1.03 bits per heavy atom. The normalized spacial score (nSPS) is 17.4. The summed E-state index contributed by atoms with van der Waals surface area (Å²) in [5.74, 6) is -0.327. The Bertz CT molecular complexity index is 1380. The van der Waals surface area contributed by atoms with E-state index in [0.29, 0.717) is 17.0 Å². The highest BCUT2D eigenvalue weighted by atomic mass is 32.2. The highest BCUT2D eigenvalue weighted by Gasteiger charge is 2.41. The third-order valence-electron chi connectivity index (χ3n) is 5.45. The van der Waals surface area contributed by atoms with Crippen molar-refractivity contribution in [3.63, 3.8) is 0 Å². The van der Waals surface area contributed by atoms with Gasteiger partial charge >= 0.3 is 6.03 Å². The van der Waals surface area contributed by atoms with Crippen LogP contribution in [-0.2, 0) is 4.79 Å². The SMILES string of the molecule is C[C@]1(CSc2ccccc2C(=O)Nc2ccc(-c3nc4ccccc4s3)cc2)NC(=O)NC1=O. The summed E-state index contributed by atoms with van der Waals surface area (Å²) in [7, 11) is 0. The van der Waals surface area contributed by atoms with Gasteiger partial charge in [-0.2, -0.15) is 0 Å². The first-order valence-electron chi connectivity index (χ1n) is 10.5. The molecule has 3 N–H and O–H groups in total. The molecule has 1 saturated heterocycles. The first kappa shape index (κ1) is 22.1. The van der Waals surface area contributed by atoms with Gasteiger partial charge in [0.05, 0.1) is 15.8 Å². The van der Waals surface area contributed by atoms with Crippen molar-refractivity contribution in [2.24, 2.45) is 0 Å². The molecule has 9 heteroatoms. The number of para-hydroxylation sites is 1. The number of hydrogen-bond acceptors (Lipinski definition) is 6. The van der Waals surface area contributed by atoms with Gasteiger partial charge in [-0.3, -0.25) is 14.9 Å². The zero-order valence-corrected chi connectivity index (χ0v) is 19.8. The van der Waals surface area contributed by atoms with E-state index in [0.717, 1.165) is 25.7 Å². The van der Waals surface area contributed by atoms with Crippen LogP contribution in [0, 0.1) is 0 Å². The van der Waals surface area contributed by atoms with Crippen LogP contribution in [0.3, 0.4) is 0 Å². The van der Waals surface area contributed by atoms with Gasteiger partial charge in [-0.05, 0) is 55.5 Å². The molecule has 4 amide bonds. The van der Waals surface area contributed by atoms with Gasteiger partial charge in [0.1, 0.15) is 10.5 Å². The second-order valence-electron chi connectivity index (χ2n) is 8.04. The Morgan fingerprint density at radius 3 is 2.50 bits per heavy atom. The lowest BCUT2D eigenvalue weighted by Crippen LogP contribution is -2.46. The average molecular weight is 489 g/mol. The summed E-state index contributed by atoms with van der Waals surface area (Å²) in [6.45, 7) is 1.66. The molecule has 170 valence electrons. The summed E-state index contributed by atoms with van der Waals surface area (Å²) in [5.41, 5.74) is 2.10. The molecule has 1 fully saturated rings. The topological polar surface area (TPSA) is 100 Å². The van der Waals surface area contributed by atoms with Crippen LogP contribution in [0.1, 0.15) is 17.3 Å². The van der Waals surface area contributed by atoms with Crippen LogP contribution in [0.25, 0.3) is 20.8 Å². The molecule has 1 aliphatic rings. The zero-order chi connectivity index (χ0) is 23.7. The standard InChI is InChI=1S/C25H20N4O3S2/c1-25(23(31)28-24(32)29-25)14-33-19-8-4-2-6-17(19)21(30)26-16-12-10-15(11-13-16)22-27-18-7-3-5-9-20(18)34-22/h2-13H,14H2,1H3,(H,26,30)(H2,28,29,31,32)/t25-/m1/s1. The minimum atomic E-state index is -1.03. The molecule has 0 aliphatic carbocycles. The molecular formula is C25H20N4O3S2. The Morgan fingerprint density at radius 2 is 1.76 bits per heavy atom. The molecule has 5 rings (SSSR count). The monoisotopic (exact) mass is 488 g/mol. The highest BCUT2D eigenvalue weighted by Crippen LogP contribution is 2.31. The number of thiazole rings is 1. The van der Waals surface area contributed by atoms with Gasteiger partial charge in [0, 0.05) is 21.9 Å². The maximum absolute atomic E-state index is 13.0. The smallest absolute Gasteiger partial charge is 0.322 e. The number of aromatic nitrogens is 1. The fourth-order valence-electron chi connectivity index (χ4n) is 3.57. The molecule has 7 nitrogen and oxygen atoms in total. The van der Waals surface area contributed by atoms with E-state index in [1.54, 1.807) is 30.4 Å². The molecule has 0 unspecified atom stereocenters. The largest absolute Gasteiger partial charge is 0.323 e. The quantitative estimate of drug-likeness (QED) is 0.265. The molecule has 4 aromatic rings. The molecule has 1 aliphatic heterocycles. The number of imide groups is 1. The summed E-state index contributed by atoms with van der Waals surface area (Å²) in [6, 6.07) is 22.3. The molecular weight excluding hydrogens is 468 g/mol. The summed E-state index contributed by atoms with van der Waals surface area (Å²) in [6.07, 6.45) is 0. The molecule has 3 aromatic carbocycles. The van der Waals surface area contributed by atoms with E-state index in [-0.39, 0.29) is 11.8 Å². The minimum Gasteiger partial charge on any atom is -0.323 e. The Labute approximate surface area is 204 Å². The number of nitrogens with one attached hydrogen (secondary N) is 3. The number of anilines is 1. The lowest BCUT2D eigenvalue weighted by atomic mass is 10.1. The van der Waals surface area contributed by atoms with Gasteiger partial charge in [0.2, 0.25) is 0 Å². The number of benzene rings is 3. The lowest BCUT2D eigenvalue weighted by Gasteiger charge is -2.20. The first-order valence-corrected chi connectivity index (χ1v) is 12.3. The molecule has 0 spiro atoms. The second kappa shape index (κ2) is 8.92. The van der Waals surface area contributed by atoms with Crippen LogP contribution in [-0.4, -0.2) is 34.1 Å². The van der Waals surface area contributed by atoms with E-state index in [1.165, 1.54) is 11.8 Å². The number of nitrogens with zero attached hydrogens (tertiary/aromatic N) is 1. The fraction of sp³-hybridized carbons (Fsp3) is 0.120. The number of thioether (sulfide) groups is 1. The highest BCUT2D eigenvalue weighted by molar-refractivity contribution is 7.99. The van der Waals surface area contributed by atoms with E-state index in [1.807, 2.05) is 60.7 Å². The second-order valence-corrected chi connectivity index (χ2v) is 10.1. The number of carbonyl (C=O) groups excluding carboxylic acids is 3. The van der Waals surface area contributed by atoms with Crippen LogP contribution < -0.4 is 16.0 Å². The van der Waals surface area contributed by atoms with Crippen molar-refractivity contribution in [1.82, 2.24) is 15.6 Å². The minimum absolute atomic E-state index is 0.249. The number of amides is 4.